The molecule has 0 aromatic carbocycles. The normalized spacial score (nSPS) is 18.7. The third-order valence-corrected chi connectivity index (χ3v) is 6.76. The standard InChI is InChI=1S/C19H24N4O2S2/c24-17(22-6-1-2-7-22)12-21-5-3-8-23(10-9-21)19(25)16-14-27-18(20-16)15-4-11-26-13-15/h4,11,13-14H,1-3,5-10,12H2. The van der Waals surface area contributed by atoms with Crippen LogP contribution in [0.4, 0.5) is 0 Å². The highest BCUT2D eigenvalue weighted by Gasteiger charge is 2.25. The summed E-state index contributed by atoms with van der Waals surface area (Å²) in [6, 6.07) is 2.03. The molecule has 0 atom stereocenters. The molecule has 8 heteroatoms. The van der Waals surface area contributed by atoms with Crippen LogP contribution >= 0.6 is 22.7 Å². The van der Waals surface area contributed by atoms with E-state index >= 15 is 0 Å². The Hall–Kier alpha value is -1.77. The van der Waals surface area contributed by atoms with Crippen LogP contribution in [-0.4, -0.2) is 77.3 Å². The lowest BCUT2D eigenvalue weighted by atomic mass is 10.3. The first-order valence-electron chi connectivity index (χ1n) is 9.48. The zero-order valence-electron chi connectivity index (χ0n) is 15.3. The molecule has 2 aliphatic heterocycles. The molecular formula is C19H24N4O2S2. The van der Waals surface area contributed by atoms with Gasteiger partial charge in [-0.15, -0.1) is 11.3 Å². The Balaban J connectivity index is 1.33. The van der Waals surface area contributed by atoms with E-state index in [1.54, 1.807) is 11.3 Å². The Bertz CT molecular complexity index is 783. The Labute approximate surface area is 167 Å². The monoisotopic (exact) mass is 404 g/mol. The molecule has 27 heavy (non-hydrogen) atoms. The van der Waals surface area contributed by atoms with Crippen LogP contribution in [0.25, 0.3) is 10.6 Å². The second-order valence-electron chi connectivity index (χ2n) is 7.06. The number of thiophene rings is 1. The molecule has 0 saturated carbocycles. The topological polar surface area (TPSA) is 56.8 Å². The average molecular weight is 405 g/mol. The van der Waals surface area contributed by atoms with Gasteiger partial charge in [-0.3, -0.25) is 14.5 Å². The summed E-state index contributed by atoms with van der Waals surface area (Å²) in [6.45, 7) is 5.24. The van der Waals surface area contributed by atoms with Gasteiger partial charge >= 0.3 is 0 Å². The largest absolute Gasteiger partial charge is 0.342 e. The molecule has 4 rings (SSSR count). The van der Waals surface area contributed by atoms with Gasteiger partial charge in [-0.2, -0.15) is 11.3 Å². The summed E-state index contributed by atoms with van der Waals surface area (Å²) < 4.78 is 0. The number of hydrogen-bond donors (Lipinski definition) is 0. The Morgan fingerprint density at radius 3 is 2.56 bits per heavy atom. The number of hydrogen-bond acceptors (Lipinski definition) is 6. The first kappa shape index (κ1) is 18.6. The Morgan fingerprint density at radius 2 is 1.78 bits per heavy atom. The van der Waals surface area contributed by atoms with Crippen LogP contribution in [-0.2, 0) is 4.79 Å². The van der Waals surface area contributed by atoms with Gasteiger partial charge in [-0.1, -0.05) is 0 Å². The van der Waals surface area contributed by atoms with Crippen molar-refractivity contribution in [1.29, 1.82) is 0 Å². The number of amides is 2. The molecule has 0 aliphatic carbocycles. The molecule has 2 aromatic heterocycles. The first-order valence-corrected chi connectivity index (χ1v) is 11.3. The van der Waals surface area contributed by atoms with E-state index in [0.29, 0.717) is 18.8 Å². The summed E-state index contributed by atoms with van der Waals surface area (Å²) >= 11 is 3.15. The van der Waals surface area contributed by atoms with E-state index in [1.165, 1.54) is 11.3 Å². The maximum Gasteiger partial charge on any atom is 0.273 e. The Morgan fingerprint density at radius 1 is 0.963 bits per heavy atom. The molecule has 2 fully saturated rings. The highest BCUT2D eigenvalue weighted by molar-refractivity contribution is 7.14. The van der Waals surface area contributed by atoms with Gasteiger partial charge in [0.15, 0.2) is 0 Å². The fraction of sp³-hybridized carbons (Fsp3) is 0.526. The van der Waals surface area contributed by atoms with E-state index in [4.69, 9.17) is 0 Å². The summed E-state index contributed by atoms with van der Waals surface area (Å²) in [5.41, 5.74) is 1.61. The lowest BCUT2D eigenvalue weighted by Gasteiger charge is -2.23. The molecular weight excluding hydrogens is 380 g/mol. The van der Waals surface area contributed by atoms with Gasteiger partial charge in [0, 0.05) is 55.6 Å². The van der Waals surface area contributed by atoms with Crippen molar-refractivity contribution in [3.8, 4) is 10.6 Å². The zero-order valence-corrected chi connectivity index (χ0v) is 16.9. The number of likely N-dealkylation sites (tertiary alicyclic amines) is 1. The molecule has 0 radical (unpaired) electrons. The van der Waals surface area contributed by atoms with Gasteiger partial charge in [-0.05, 0) is 30.7 Å². The van der Waals surface area contributed by atoms with Gasteiger partial charge in [0.25, 0.3) is 5.91 Å². The highest BCUT2D eigenvalue weighted by atomic mass is 32.1. The van der Waals surface area contributed by atoms with Crippen LogP contribution in [0.5, 0.6) is 0 Å². The minimum absolute atomic E-state index is 0.000416. The van der Waals surface area contributed by atoms with Crippen molar-refractivity contribution >= 4 is 34.5 Å². The number of carbonyl (C=O) groups is 2. The van der Waals surface area contributed by atoms with Crippen molar-refractivity contribution in [2.45, 2.75) is 19.3 Å². The van der Waals surface area contributed by atoms with Crippen molar-refractivity contribution in [3.05, 3.63) is 27.9 Å². The molecule has 2 aliphatic rings. The molecule has 0 spiro atoms. The lowest BCUT2D eigenvalue weighted by molar-refractivity contribution is -0.131. The molecule has 144 valence electrons. The molecule has 0 N–H and O–H groups in total. The number of aromatic nitrogens is 1. The van der Waals surface area contributed by atoms with Gasteiger partial charge in [-0.25, -0.2) is 4.98 Å². The van der Waals surface area contributed by atoms with Crippen LogP contribution in [0.2, 0.25) is 0 Å². The third kappa shape index (κ3) is 4.39. The molecule has 4 heterocycles. The highest BCUT2D eigenvalue weighted by Crippen LogP contribution is 2.26. The SMILES string of the molecule is O=C(CN1CCCN(C(=O)c2csc(-c3ccsc3)n2)CC1)N1CCCC1. The number of rotatable bonds is 4. The molecule has 2 aromatic rings. The van der Waals surface area contributed by atoms with Crippen LogP contribution in [0.15, 0.2) is 22.2 Å². The molecule has 0 bridgehead atoms. The molecule has 0 unspecified atom stereocenters. The smallest absolute Gasteiger partial charge is 0.273 e. The van der Waals surface area contributed by atoms with Crippen LogP contribution in [0.3, 0.4) is 0 Å². The first-order chi connectivity index (χ1) is 13.2. The van der Waals surface area contributed by atoms with E-state index in [9.17, 15) is 9.59 Å². The fourth-order valence-corrected chi connectivity index (χ4v) is 5.15. The summed E-state index contributed by atoms with van der Waals surface area (Å²) in [4.78, 5) is 35.8. The molecule has 2 amide bonds. The predicted octanol–water partition coefficient (Wildman–Crippen LogP) is 2.64. The summed E-state index contributed by atoms with van der Waals surface area (Å²) in [5.74, 6) is 0.229. The summed E-state index contributed by atoms with van der Waals surface area (Å²) in [7, 11) is 0. The van der Waals surface area contributed by atoms with Gasteiger partial charge < -0.3 is 9.80 Å². The molecule has 6 nitrogen and oxygen atoms in total. The lowest BCUT2D eigenvalue weighted by Crippen LogP contribution is -2.41. The quantitative estimate of drug-likeness (QED) is 0.786. The third-order valence-electron chi connectivity index (χ3n) is 5.18. The van der Waals surface area contributed by atoms with E-state index < -0.39 is 0 Å². The number of nitrogens with zero attached hydrogens (tertiary/aromatic N) is 4. The van der Waals surface area contributed by atoms with Gasteiger partial charge in [0.2, 0.25) is 5.91 Å². The summed E-state index contributed by atoms with van der Waals surface area (Å²) in [6.07, 6.45) is 3.13. The van der Waals surface area contributed by atoms with Gasteiger partial charge in [0.1, 0.15) is 10.7 Å². The number of thiazole rings is 1. The molecule has 2 saturated heterocycles. The van der Waals surface area contributed by atoms with Crippen LogP contribution < -0.4 is 0 Å². The zero-order chi connectivity index (χ0) is 18.6. The maximum absolute atomic E-state index is 12.9. The second kappa shape index (κ2) is 8.50. The minimum atomic E-state index is 0.000416. The van der Waals surface area contributed by atoms with Gasteiger partial charge in [0.05, 0.1) is 6.54 Å². The second-order valence-corrected chi connectivity index (χ2v) is 8.70. The number of carbonyl (C=O) groups excluding carboxylic acids is 2. The van der Waals surface area contributed by atoms with Crippen LogP contribution in [0, 0.1) is 0 Å². The minimum Gasteiger partial charge on any atom is -0.342 e. The van der Waals surface area contributed by atoms with E-state index in [0.717, 1.165) is 62.6 Å². The average Bonchev–Trinajstić information content (AvgIpc) is 3.42. The van der Waals surface area contributed by atoms with E-state index in [2.05, 4.69) is 9.88 Å². The van der Waals surface area contributed by atoms with Crippen molar-refractivity contribution in [1.82, 2.24) is 19.7 Å². The summed E-state index contributed by atoms with van der Waals surface area (Å²) in [5, 5.41) is 6.82. The fourth-order valence-electron chi connectivity index (χ4n) is 3.64. The Kier molecular flexibility index (Phi) is 5.85. The van der Waals surface area contributed by atoms with E-state index in [1.807, 2.05) is 32.0 Å². The predicted molar refractivity (Wildman–Crippen MR) is 108 cm³/mol. The van der Waals surface area contributed by atoms with E-state index in [-0.39, 0.29) is 11.8 Å². The van der Waals surface area contributed by atoms with Crippen molar-refractivity contribution < 1.29 is 9.59 Å². The van der Waals surface area contributed by atoms with Crippen LogP contribution in [0.1, 0.15) is 29.8 Å². The van der Waals surface area contributed by atoms with Crippen molar-refractivity contribution in [2.75, 3.05) is 45.8 Å². The maximum atomic E-state index is 12.9. The van der Waals surface area contributed by atoms with Crippen molar-refractivity contribution in [2.24, 2.45) is 0 Å². The van der Waals surface area contributed by atoms with Crippen molar-refractivity contribution in [3.63, 3.8) is 0 Å².